The summed E-state index contributed by atoms with van der Waals surface area (Å²) in [4.78, 5) is 8.64. The van der Waals surface area contributed by atoms with Crippen molar-refractivity contribution in [2.75, 3.05) is 18.3 Å². The lowest BCUT2D eigenvalue weighted by atomic mass is 9.77. The molecule has 1 saturated carbocycles. The van der Waals surface area contributed by atoms with E-state index < -0.39 is 0 Å². The summed E-state index contributed by atoms with van der Waals surface area (Å²) in [7, 11) is 1.59. The monoisotopic (exact) mass is 347 g/mol. The first kappa shape index (κ1) is 14.9. The predicted molar refractivity (Wildman–Crippen MR) is 81.0 cm³/mol. The molecule has 6 heteroatoms. The molecule has 106 valence electrons. The SMILES string of the molecule is COc1nc(NC2(CCl)CCCC(C)C2)ncc1Br. The molecule has 2 rings (SSSR count). The molecule has 1 aliphatic carbocycles. The number of anilines is 1. The zero-order chi connectivity index (χ0) is 13.9. The number of nitrogens with zero attached hydrogens (tertiary/aromatic N) is 2. The average molecular weight is 349 g/mol. The van der Waals surface area contributed by atoms with Crippen molar-refractivity contribution >= 4 is 33.5 Å². The van der Waals surface area contributed by atoms with Crippen molar-refractivity contribution < 1.29 is 4.74 Å². The smallest absolute Gasteiger partial charge is 0.232 e. The molecule has 1 aromatic rings. The molecule has 0 amide bonds. The first-order chi connectivity index (χ1) is 9.08. The number of hydrogen-bond acceptors (Lipinski definition) is 4. The van der Waals surface area contributed by atoms with Crippen LogP contribution in [0.1, 0.15) is 32.6 Å². The van der Waals surface area contributed by atoms with Crippen LogP contribution in [0.3, 0.4) is 0 Å². The lowest BCUT2D eigenvalue weighted by Gasteiger charge is -2.39. The summed E-state index contributed by atoms with van der Waals surface area (Å²) in [5.74, 6) is 2.36. The Bertz CT molecular complexity index is 446. The highest BCUT2D eigenvalue weighted by atomic mass is 79.9. The highest BCUT2D eigenvalue weighted by Gasteiger charge is 2.35. The standard InChI is InChI=1S/C13H19BrClN3O/c1-9-4-3-5-13(6-9,8-15)18-12-16-7-10(14)11(17-12)19-2/h7,9H,3-6,8H2,1-2H3,(H,16,17,18). The van der Waals surface area contributed by atoms with Crippen LogP contribution in [0, 0.1) is 5.92 Å². The molecule has 19 heavy (non-hydrogen) atoms. The summed E-state index contributed by atoms with van der Waals surface area (Å²) in [6, 6.07) is 0. The molecule has 1 aromatic heterocycles. The van der Waals surface area contributed by atoms with E-state index in [0.29, 0.717) is 23.6 Å². The summed E-state index contributed by atoms with van der Waals surface area (Å²) in [6.45, 7) is 2.27. The van der Waals surface area contributed by atoms with Gasteiger partial charge >= 0.3 is 0 Å². The number of methoxy groups -OCH3 is 1. The first-order valence-corrected chi connectivity index (χ1v) is 7.82. The Morgan fingerprint density at radius 3 is 3.05 bits per heavy atom. The fraction of sp³-hybridized carbons (Fsp3) is 0.692. The van der Waals surface area contributed by atoms with Gasteiger partial charge in [0.1, 0.15) is 0 Å². The maximum Gasteiger partial charge on any atom is 0.232 e. The minimum Gasteiger partial charge on any atom is -0.480 e. The Morgan fingerprint density at radius 2 is 2.42 bits per heavy atom. The van der Waals surface area contributed by atoms with Crippen LogP contribution >= 0.6 is 27.5 Å². The van der Waals surface area contributed by atoms with Gasteiger partial charge in [-0.2, -0.15) is 4.98 Å². The van der Waals surface area contributed by atoms with Gasteiger partial charge in [-0.1, -0.05) is 19.8 Å². The Morgan fingerprint density at radius 1 is 1.63 bits per heavy atom. The number of alkyl halides is 1. The first-order valence-electron chi connectivity index (χ1n) is 6.49. The van der Waals surface area contributed by atoms with Crippen LogP contribution in [0.15, 0.2) is 10.7 Å². The van der Waals surface area contributed by atoms with Crippen molar-refractivity contribution in [2.24, 2.45) is 5.92 Å². The van der Waals surface area contributed by atoms with Crippen molar-refractivity contribution in [2.45, 2.75) is 38.1 Å². The van der Waals surface area contributed by atoms with Gasteiger partial charge in [-0.15, -0.1) is 11.6 Å². The minimum atomic E-state index is -0.0991. The molecular weight excluding hydrogens is 330 g/mol. The highest BCUT2D eigenvalue weighted by molar-refractivity contribution is 9.10. The fourth-order valence-corrected chi connectivity index (χ4v) is 3.38. The second-order valence-corrected chi connectivity index (χ2v) is 6.41. The van der Waals surface area contributed by atoms with Crippen molar-refractivity contribution in [3.05, 3.63) is 10.7 Å². The van der Waals surface area contributed by atoms with Gasteiger partial charge < -0.3 is 10.1 Å². The fourth-order valence-electron chi connectivity index (χ4n) is 2.72. The molecule has 0 spiro atoms. The van der Waals surface area contributed by atoms with E-state index in [2.05, 4.69) is 38.1 Å². The number of halogens is 2. The van der Waals surface area contributed by atoms with Crippen LogP contribution in [-0.2, 0) is 0 Å². The maximum atomic E-state index is 6.20. The third kappa shape index (κ3) is 3.51. The van der Waals surface area contributed by atoms with E-state index in [0.717, 1.165) is 17.3 Å². The summed E-state index contributed by atoms with van der Waals surface area (Å²) < 4.78 is 5.94. The van der Waals surface area contributed by atoms with Gasteiger partial charge in [0.2, 0.25) is 11.8 Å². The number of aromatic nitrogens is 2. The number of ether oxygens (including phenoxy) is 1. The Kier molecular flexibility index (Phi) is 4.90. The van der Waals surface area contributed by atoms with E-state index in [1.54, 1.807) is 13.3 Å². The molecule has 1 N–H and O–H groups in total. The Labute approximate surface area is 127 Å². The molecule has 1 heterocycles. The zero-order valence-electron chi connectivity index (χ0n) is 11.2. The number of hydrogen-bond donors (Lipinski definition) is 1. The minimum absolute atomic E-state index is 0.0991. The topological polar surface area (TPSA) is 47.0 Å². The van der Waals surface area contributed by atoms with Crippen LogP contribution in [0.2, 0.25) is 0 Å². The molecule has 0 aromatic carbocycles. The molecule has 0 radical (unpaired) electrons. The molecular formula is C13H19BrClN3O. The normalized spacial score (nSPS) is 27.1. The van der Waals surface area contributed by atoms with Crippen LogP contribution in [0.25, 0.3) is 0 Å². The summed E-state index contributed by atoms with van der Waals surface area (Å²) >= 11 is 9.55. The second-order valence-electron chi connectivity index (χ2n) is 5.29. The van der Waals surface area contributed by atoms with Gasteiger partial charge in [0, 0.05) is 5.88 Å². The number of nitrogens with one attached hydrogen (secondary N) is 1. The van der Waals surface area contributed by atoms with E-state index in [4.69, 9.17) is 16.3 Å². The largest absolute Gasteiger partial charge is 0.480 e. The molecule has 0 saturated heterocycles. The molecule has 0 bridgehead atoms. The predicted octanol–water partition coefficient (Wildman–Crippen LogP) is 3.85. The molecule has 0 aliphatic heterocycles. The van der Waals surface area contributed by atoms with Crippen molar-refractivity contribution in [1.29, 1.82) is 0 Å². The van der Waals surface area contributed by atoms with Gasteiger partial charge in [0.05, 0.1) is 23.3 Å². The van der Waals surface area contributed by atoms with Crippen LogP contribution < -0.4 is 10.1 Å². The molecule has 2 unspecified atom stereocenters. The third-order valence-corrected chi connectivity index (χ3v) is 4.69. The Hall–Kier alpha value is -0.550. The van der Waals surface area contributed by atoms with Crippen LogP contribution in [-0.4, -0.2) is 28.5 Å². The maximum absolute atomic E-state index is 6.20. The quantitative estimate of drug-likeness (QED) is 0.840. The molecule has 1 fully saturated rings. The molecule has 4 nitrogen and oxygen atoms in total. The van der Waals surface area contributed by atoms with E-state index in [1.165, 1.54) is 12.8 Å². The van der Waals surface area contributed by atoms with E-state index in [9.17, 15) is 0 Å². The van der Waals surface area contributed by atoms with Gasteiger partial charge in [0.25, 0.3) is 0 Å². The van der Waals surface area contributed by atoms with Gasteiger partial charge in [-0.25, -0.2) is 4.98 Å². The van der Waals surface area contributed by atoms with Crippen molar-refractivity contribution in [3.8, 4) is 5.88 Å². The van der Waals surface area contributed by atoms with Crippen LogP contribution in [0.4, 0.5) is 5.95 Å². The van der Waals surface area contributed by atoms with Crippen molar-refractivity contribution in [1.82, 2.24) is 9.97 Å². The summed E-state index contributed by atoms with van der Waals surface area (Å²) in [5, 5.41) is 3.42. The second kappa shape index (κ2) is 6.27. The lowest BCUT2D eigenvalue weighted by Crippen LogP contribution is -2.44. The van der Waals surface area contributed by atoms with Gasteiger partial charge in [-0.05, 0) is 34.7 Å². The lowest BCUT2D eigenvalue weighted by molar-refractivity contribution is 0.278. The number of rotatable bonds is 4. The van der Waals surface area contributed by atoms with Crippen molar-refractivity contribution in [3.63, 3.8) is 0 Å². The average Bonchev–Trinajstić information content (AvgIpc) is 2.41. The highest BCUT2D eigenvalue weighted by Crippen LogP contribution is 2.35. The van der Waals surface area contributed by atoms with E-state index >= 15 is 0 Å². The van der Waals surface area contributed by atoms with Gasteiger partial charge in [-0.3, -0.25) is 0 Å². The molecule has 2 atom stereocenters. The summed E-state index contributed by atoms with van der Waals surface area (Å²) in [6.07, 6.45) is 6.27. The summed E-state index contributed by atoms with van der Waals surface area (Å²) in [5.41, 5.74) is -0.0991. The van der Waals surface area contributed by atoms with Crippen LogP contribution in [0.5, 0.6) is 5.88 Å². The Balaban J connectivity index is 2.18. The molecule has 1 aliphatic rings. The van der Waals surface area contributed by atoms with E-state index in [-0.39, 0.29) is 5.54 Å². The van der Waals surface area contributed by atoms with Gasteiger partial charge in [0.15, 0.2) is 0 Å². The zero-order valence-corrected chi connectivity index (χ0v) is 13.6. The third-order valence-electron chi connectivity index (χ3n) is 3.63. The van der Waals surface area contributed by atoms with E-state index in [1.807, 2.05) is 0 Å².